The van der Waals surface area contributed by atoms with Gasteiger partial charge in [0.2, 0.25) is 5.91 Å². The molecule has 0 aromatic heterocycles. The number of amides is 1. The molecule has 3 unspecified atom stereocenters. The average Bonchev–Trinajstić information content (AvgIpc) is 2.72. The molecular weight excluding hydrogens is 337 g/mol. The minimum Gasteiger partial charge on any atom is -0.477 e. The number of halogens is 3. The first-order valence-corrected chi connectivity index (χ1v) is 7.86. The Labute approximate surface area is 134 Å². The van der Waals surface area contributed by atoms with E-state index < -0.39 is 36.1 Å². The van der Waals surface area contributed by atoms with Gasteiger partial charge in [0.1, 0.15) is 5.70 Å². The number of carbonyl (C=O) groups is 2. The van der Waals surface area contributed by atoms with Crippen molar-refractivity contribution < 1.29 is 33.0 Å². The van der Waals surface area contributed by atoms with Crippen LogP contribution in [-0.4, -0.2) is 76.6 Å². The number of carboxylic acids is 1. The maximum Gasteiger partial charge on any atom is 0.415 e. The van der Waals surface area contributed by atoms with Crippen molar-refractivity contribution in [3.63, 3.8) is 0 Å². The van der Waals surface area contributed by atoms with Gasteiger partial charge < -0.3 is 20.0 Å². The summed E-state index contributed by atoms with van der Waals surface area (Å²) in [6.45, 7) is 0.661. The van der Waals surface area contributed by atoms with E-state index in [2.05, 4.69) is 0 Å². The van der Waals surface area contributed by atoms with E-state index in [-0.39, 0.29) is 12.1 Å². The van der Waals surface area contributed by atoms with E-state index >= 15 is 0 Å². The van der Waals surface area contributed by atoms with Gasteiger partial charge in [-0.05, 0) is 14.1 Å². The largest absolute Gasteiger partial charge is 0.477 e. The number of rotatable bonds is 6. The quantitative estimate of drug-likeness (QED) is 0.685. The molecule has 1 fully saturated rings. The number of aliphatic hydroxyl groups excluding tert-OH is 1. The standard InChI is InChI=1S/C13H17F3N2O4S/c1-17(2)3-4-23-7-5-6-8(10(19)13(14,15)16)11(20)18(6)9(7)12(21)22/h6,8,10,19H,3-5H2,1-2H3,(H,21,22). The van der Waals surface area contributed by atoms with Crippen LogP contribution in [0.4, 0.5) is 13.2 Å². The highest BCUT2D eigenvalue weighted by molar-refractivity contribution is 8.03. The predicted molar refractivity (Wildman–Crippen MR) is 76.5 cm³/mol. The van der Waals surface area contributed by atoms with Crippen molar-refractivity contribution in [2.45, 2.75) is 24.7 Å². The summed E-state index contributed by atoms with van der Waals surface area (Å²) in [5.41, 5.74) is -0.255. The molecule has 130 valence electrons. The number of fused-ring (bicyclic) bond motifs is 1. The summed E-state index contributed by atoms with van der Waals surface area (Å²) in [5, 5.41) is 18.6. The molecule has 2 rings (SSSR count). The Morgan fingerprint density at radius 1 is 1.48 bits per heavy atom. The second kappa shape index (κ2) is 6.33. The third kappa shape index (κ3) is 3.33. The molecule has 0 radical (unpaired) electrons. The molecular formula is C13H17F3N2O4S. The van der Waals surface area contributed by atoms with Crippen molar-refractivity contribution >= 4 is 23.6 Å². The molecule has 10 heteroatoms. The Kier molecular flexibility index (Phi) is 4.97. The van der Waals surface area contributed by atoms with Crippen LogP contribution in [0.1, 0.15) is 6.42 Å². The molecule has 3 atom stereocenters. The van der Waals surface area contributed by atoms with Gasteiger partial charge in [-0.25, -0.2) is 4.79 Å². The van der Waals surface area contributed by atoms with Crippen LogP contribution in [0.2, 0.25) is 0 Å². The highest BCUT2D eigenvalue weighted by Crippen LogP contribution is 2.48. The van der Waals surface area contributed by atoms with E-state index in [0.717, 1.165) is 4.90 Å². The Balaban J connectivity index is 2.15. The van der Waals surface area contributed by atoms with Gasteiger partial charge in [-0.3, -0.25) is 4.79 Å². The van der Waals surface area contributed by atoms with Crippen LogP contribution in [0.5, 0.6) is 0 Å². The molecule has 23 heavy (non-hydrogen) atoms. The van der Waals surface area contributed by atoms with Crippen LogP contribution in [-0.2, 0) is 9.59 Å². The Morgan fingerprint density at radius 2 is 2.09 bits per heavy atom. The van der Waals surface area contributed by atoms with Crippen molar-refractivity contribution in [3.05, 3.63) is 10.6 Å². The second-order valence-electron chi connectivity index (χ2n) is 5.72. The first-order valence-electron chi connectivity index (χ1n) is 6.87. The highest BCUT2D eigenvalue weighted by Gasteiger charge is 2.62. The lowest BCUT2D eigenvalue weighted by molar-refractivity contribution is -0.236. The molecule has 1 saturated heterocycles. The third-order valence-electron chi connectivity index (χ3n) is 3.86. The topological polar surface area (TPSA) is 81.1 Å². The molecule has 0 bridgehead atoms. The van der Waals surface area contributed by atoms with Crippen molar-refractivity contribution in [3.8, 4) is 0 Å². The molecule has 0 spiro atoms. The number of thioether (sulfide) groups is 1. The van der Waals surface area contributed by atoms with Crippen molar-refractivity contribution in [1.29, 1.82) is 0 Å². The molecule has 0 aromatic rings. The van der Waals surface area contributed by atoms with Crippen LogP contribution in [0.25, 0.3) is 0 Å². The molecule has 2 aliphatic heterocycles. The fraction of sp³-hybridized carbons (Fsp3) is 0.692. The van der Waals surface area contributed by atoms with Crippen LogP contribution >= 0.6 is 11.8 Å². The SMILES string of the molecule is CN(C)CCSC1=C(C(=O)O)N2C(=O)C(C(O)C(F)(F)F)C2C1. The summed E-state index contributed by atoms with van der Waals surface area (Å²) in [5.74, 6) is -3.40. The summed E-state index contributed by atoms with van der Waals surface area (Å²) in [4.78, 5) is 26.4. The van der Waals surface area contributed by atoms with Gasteiger partial charge in [-0.2, -0.15) is 13.2 Å². The monoisotopic (exact) mass is 354 g/mol. The van der Waals surface area contributed by atoms with Crippen LogP contribution in [0, 0.1) is 5.92 Å². The van der Waals surface area contributed by atoms with Crippen molar-refractivity contribution in [2.24, 2.45) is 5.92 Å². The van der Waals surface area contributed by atoms with Crippen LogP contribution in [0.3, 0.4) is 0 Å². The fourth-order valence-corrected chi connectivity index (χ4v) is 4.05. The van der Waals surface area contributed by atoms with E-state index in [0.29, 0.717) is 17.2 Å². The average molecular weight is 354 g/mol. The molecule has 0 aromatic carbocycles. The lowest BCUT2D eigenvalue weighted by atomic mass is 9.82. The number of aliphatic carboxylic acids is 1. The number of aliphatic hydroxyl groups is 1. The molecule has 6 nitrogen and oxygen atoms in total. The van der Waals surface area contributed by atoms with Gasteiger partial charge in [-0.15, -0.1) is 11.8 Å². The molecule has 1 amide bonds. The van der Waals surface area contributed by atoms with E-state index in [1.807, 2.05) is 19.0 Å². The second-order valence-corrected chi connectivity index (χ2v) is 6.91. The predicted octanol–water partition coefficient (Wildman–Crippen LogP) is 0.731. The Bertz CT molecular complexity index is 550. The van der Waals surface area contributed by atoms with Gasteiger partial charge in [0, 0.05) is 23.6 Å². The lowest BCUT2D eigenvalue weighted by Crippen LogP contribution is -2.64. The summed E-state index contributed by atoms with van der Waals surface area (Å²) >= 11 is 1.22. The molecule has 0 aliphatic carbocycles. The minimum atomic E-state index is -4.91. The number of carbonyl (C=O) groups excluding carboxylic acids is 1. The number of β-lactam (4-membered cyclic amide) rings is 1. The Morgan fingerprint density at radius 3 is 2.57 bits per heavy atom. The maximum atomic E-state index is 12.6. The van der Waals surface area contributed by atoms with E-state index in [1.54, 1.807) is 0 Å². The minimum absolute atomic E-state index is 0.0310. The number of carboxylic acid groups (broad SMARTS) is 1. The zero-order valence-electron chi connectivity index (χ0n) is 12.5. The molecule has 2 N–H and O–H groups in total. The van der Waals surface area contributed by atoms with Gasteiger partial charge in [0.15, 0.2) is 6.10 Å². The lowest BCUT2D eigenvalue weighted by Gasteiger charge is -2.45. The van der Waals surface area contributed by atoms with Gasteiger partial charge in [0.25, 0.3) is 0 Å². The molecule has 2 heterocycles. The summed E-state index contributed by atoms with van der Waals surface area (Å²) in [6, 6.07) is -0.938. The number of alkyl halides is 3. The third-order valence-corrected chi connectivity index (χ3v) is 4.96. The highest BCUT2D eigenvalue weighted by atomic mass is 32.2. The van der Waals surface area contributed by atoms with Crippen LogP contribution in [0.15, 0.2) is 10.6 Å². The number of hydrogen-bond acceptors (Lipinski definition) is 5. The summed E-state index contributed by atoms with van der Waals surface area (Å²) < 4.78 is 37.9. The maximum absolute atomic E-state index is 12.6. The zero-order chi connectivity index (χ0) is 17.5. The van der Waals surface area contributed by atoms with Gasteiger partial charge in [0.05, 0.1) is 12.0 Å². The Hall–Kier alpha value is -1.26. The number of nitrogens with zero attached hydrogens (tertiary/aromatic N) is 2. The van der Waals surface area contributed by atoms with Gasteiger partial charge >= 0.3 is 12.1 Å². The van der Waals surface area contributed by atoms with Crippen molar-refractivity contribution in [2.75, 3.05) is 26.4 Å². The fourth-order valence-electron chi connectivity index (χ4n) is 2.73. The van der Waals surface area contributed by atoms with E-state index in [1.165, 1.54) is 11.8 Å². The van der Waals surface area contributed by atoms with E-state index in [4.69, 9.17) is 0 Å². The van der Waals surface area contributed by atoms with Crippen LogP contribution < -0.4 is 0 Å². The first-order chi connectivity index (χ1) is 10.6. The molecule has 2 aliphatic rings. The normalized spacial score (nSPS) is 25.7. The van der Waals surface area contributed by atoms with Crippen molar-refractivity contribution in [1.82, 2.24) is 9.80 Å². The zero-order valence-corrected chi connectivity index (χ0v) is 13.3. The summed E-state index contributed by atoms with van der Waals surface area (Å²) in [6.07, 6.45) is -7.64. The number of hydrogen-bond donors (Lipinski definition) is 2. The summed E-state index contributed by atoms with van der Waals surface area (Å²) in [7, 11) is 3.68. The van der Waals surface area contributed by atoms with Gasteiger partial charge in [-0.1, -0.05) is 0 Å². The molecule has 0 saturated carbocycles. The van der Waals surface area contributed by atoms with E-state index in [9.17, 15) is 33.0 Å². The first kappa shape index (κ1) is 18.1. The smallest absolute Gasteiger partial charge is 0.415 e.